The van der Waals surface area contributed by atoms with Crippen molar-refractivity contribution in [1.82, 2.24) is 0 Å². The van der Waals surface area contributed by atoms with Gasteiger partial charge >= 0.3 is 0 Å². The van der Waals surface area contributed by atoms with Gasteiger partial charge in [0.15, 0.2) is 0 Å². The summed E-state index contributed by atoms with van der Waals surface area (Å²) in [7, 11) is 0. The third kappa shape index (κ3) is 4.47. The fourth-order valence-corrected chi connectivity index (χ4v) is 3.07. The largest absolute Gasteiger partial charge is 0.381 e. The van der Waals surface area contributed by atoms with Crippen molar-refractivity contribution in [2.24, 2.45) is 0 Å². The van der Waals surface area contributed by atoms with Gasteiger partial charge in [0.05, 0.1) is 10.0 Å². The molecule has 1 N–H and O–H groups in total. The average molecular weight is 374 g/mol. The van der Waals surface area contributed by atoms with Crippen LogP contribution in [-0.4, -0.2) is 0 Å². The molecule has 0 saturated heterocycles. The zero-order valence-corrected chi connectivity index (χ0v) is 15.4. The van der Waals surface area contributed by atoms with E-state index in [9.17, 15) is 0 Å². The summed E-state index contributed by atoms with van der Waals surface area (Å²) in [6.07, 6.45) is 0.809. The maximum atomic E-state index is 6.10. The molecule has 24 heavy (non-hydrogen) atoms. The molecule has 0 bridgehead atoms. The maximum absolute atomic E-state index is 6.10. The van der Waals surface area contributed by atoms with E-state index >= 15 is 0 Å². The maximum Gasteiger partial charge on any atom is 0.0595 e. The molecule has 0 fully saturated rings. The molecule has 0 radical (unpaired) electrons. The summed E-state index contributed by atoms with van der Waals surface area (Å²) in [5.41, 5.74) is 4.62. The standard InChI is InChI=1S/C20H17Cl2NS/c21-18-8-6-15(12-19(18)22)10-14-7-9-20(24)16(11-14)13-23-17-4-2-1-3-5-17/h1-9,11-12,23-24H,10,13H2. The van der Waals surface area contributed by atoms with Crippen molar-refractivity contribution in [3.05, 3.63) is 93.5 Å². The van der Waals surface area contributed by atoms with Gasteiger partial charge in [-0.1, -0.05) is 59.6 Å². The summed E-state index contributed by atoms with van der Waals surface area (Å²) >= 11 is 16.6. The van der Waals surface area contributed by atoms with Crippen molar-refractivity contribution in [1.29, 1.82) is 0 Å². The van der Waals surface area contributed by atoms with E-state index in [-0.39, 0.29) is 0 Å². The molecule has 122 valence electrons. The summed E-state index contributed by atoms with van der Waals surface area (Å²) in [5.74, 6) is 0. The number of rotatable bonds is 5. The molecule has 3 aromatic rings. The van der Waals surface area contributed by atoms with Crippen molar-refractivity contribution >= 4 is 41.5 Å². The summed E-state index contributed by atoms with van der Waals surface area (Å²) < 4.78 is 0. The number of thiol groups is 1. The molecule has 0 atom stereocenters. The van der Waals surface area contributed by atoms with Crippen LogP contribution in [0, 0.1) is 0 Å². The van der Waals surface area contributed by atoms with Crippen LogP contribution in [-0.2, 0) is 13.0 Å². The van der Waals surface area contributed by atoms with Gasteiger partial charge in [-0.05, 0) is 53.4 Å². The lowest BCUT2D eigenvalue weighted by Crippen LogP contribution is -2.01. The van der Waals surface area contributed by atoms with E-state index in [4.69, 9.17) is 23.2 Å². The van der Waals surface area contributed by atoms with Crippen LogP contribution in [0.5, 0.6) is 0 Å². The molecular weight excluding hydrogens is 357 g/mol. The first kappa shape index (κ1) is 17.2. The molecule has 1 nitrogen and oxygen atoms in total. The molecule has 0 aromatic heterocycles. The second-order valence-corrected chi connectivity index (χ2v) is 6.90. The Morgan fingerprint density at radius 2 is 1.50 bits per heavy atom. The van der Waals surface area contributed by atoms with Gasteiger partial charge in [0, 0.05) is 17.1 Å². The van der Waals surface area contributed by atoms with Crippen molar-refractivity contribution < 1.29 is 0 Å². The molecule has 0 aliphatic carbocycles. The fraction of sp³-hybridized carbons (Fsp3) is 0.100. The van der Waals surface area contributed by atoms with Crippen molar-refractivity contribution in [2.75, 3.05) is 5.32 Å². The minimum absolute atomic E-state index is 0.582. The highest BCUT2D eigenvalue weighted by molar-refractivity contribution is 7.80. The Morgan fingerprint density at radius 3 is 2.25 bits per heavy atom. The van der Waals surface area contributed by atoms with Gasteiger partial charge < -0.3 is 5.32 Å². The highest BCUT2D eigenvalue weighted by Gasteiger charge is 2.05. The Morgan fingerprint density at radius 1 is 0.792 bits per heavy atom. The zero-order chi connectivity index (χ0) is 16.9. The van der Waals surface area contributed by atoms with Crippen LogP contribution in [0.2, 0.25) is 10.0 Å². The number of para-hydroxylation sites is 1. The third-order valence-corrected chi connectivity index (χ3v) is 4.97. The predicted octanol–water partition coefficient (Wildman–Crippen LogP) is 6.49. The Balaban J connectivity index is 1.74. The quantitative estimate of drug-likeness (QED) is 0.487. The van der Waals surface area contributed by atoms with E-state index in [2.05, 4.69) is 42.2 Å². The topological polar surface area (TPSA) is 12.0 Å². The number of hydrogen-bond donors (Lipinski definition) is 2. The smallest absolute Gasteiger partial charge is 0.0595 e. The van der Waals surface area contributed by atoms with Gasteiger partial charge in [-0.2, -0.15) is 0 Å². The summed E-state index contributed by atoms with van der Waals surface area (Å²) in [4.78, 5) is 0.983. The Bertz CT molecular complexity index is 834. The minimum atomic E-state index is 0.582. The van der Waals surface area contributed by atoms with Crippen molar-refractivity contribution in [3.63, 3.8) is 0 Å². The van der Waals surface area contributed by atoms with Gasteiger partial charge in [0.2, 0.25) is 0 Å². The highest BCUT2D eigenvalue weighted by atomic mass is 35.5. The van der Waals surface area contributed by atoms with Crippen LogP contribution in [0.4, 0.5) is 5.69 Å². The van der Waals surface area contributed by atoms with Crippen LogP contribution in [0.3, 0.4) is 0 Å². The zero-order valence-electron chi connectivity index (χ0n) is 13.0. The molecule has 4 heteroatoms. The van der Waals surface area contributed by atoms with Gasteiger partial charge in [0.25, 0.3) is 0 Å². The molecule has 3 rings (SSSR count). The van der Waals surface area contributed by atoms with E-state index in [0.717, 1.165) is 29.1 Å². The second-order valence-electron chi connectivity index (χ2n) is 5.61. The first-order chi connectivity index (χ1) is 11.6. The van der Waals surface area contributed by atoms with Crippen LogP contribution in [0.1, 0.15) is 16.7 Å². The Hall–Kier alpha value is -1.61. The lowest BCUT2D eigenvalue weighted by atomic mass is 10.0. The minimum Gasteiger partial charge on any atom is -0.381 e. The van der Waals surface area contributed by atoms with E-state index in [1.807, 2.05) is 42.5 Å². The number of anilines is 1. The molecule has 0 unspecified atom stereocenters. The highest BCUT2D eigenvalue weighted by Crippen LogP contribution is 2.25. The fourth-order valence-electron chi connectivity index (χ4n) is 2.53. The van der Waals surface area contributed by atoms with Gasteiger partial charge in [-0.3, -0.25) is 0 Å². The van der Waals surface area contributed by atoms with Gasteiger partial charge in [-0.15, -0.1) is 12.6 Å². The molecular formula is C20H17Cl2NS. The molecule has 3 aromatic carbocycles. The lowest BCUT2D eigenvalue weighted by molar-refractivity contribution is 1.07. The van der Waals surface area contributed by atoms with Crippen molar-refractivity contribution in [2.45, 2.75) is 17.9 Å². The predicted molar refractivity (Wildman–Crippen MR) is 107 cm³/mol. The van der Waals surface area contributed by atoms with Gasteiger partial charge in [-0.25, -0.2) is 0 Å². The first-order valence-corrected chi connectivity index (χ1v) is 8.86. The van der Waals surface area contributed by atoms with Crippen LogP contribution in [0.15, 0.2) is 71.6 Å². The molecule has 0 heterocycles. The Kier molecular flexibility index (Phi) is 5.72. The molecule has 0 spiro atoms. The van der Waals surface area contributed by atoms with E-state index in [1.54, 1.807) is 0 Å². The molecule has 0 saturated carbocycles. The number of nitrogens with one attached hydrogen (secondary N) is 1. The van der Waals surface area contributed by atoms with Crippen LogP contribution >= 0.6 is 35.8 Å². The third-order valence-electron chi connectivity index (χ3n) is 3.79. The van der Waals surface area contributed by atoms with E-state index < -0.39 is 0 Å². The Labute approximate surface area is 158 Å². The average Bonchev–Trinajstić information content (AvgIpc) is 2.59. The van der Waals surface area contributed by atoms with E-state index in [1.165, 1.54) is 11.1 Å². The number of benzene rings is 3. The normalized spacial score (nSPS) is 10.6. The van der Waals surface area contributed by atoms with Gasteiger partial charge in [0.1, 0.15) is 0 Å². The summed E-state index contributed by atoms with van der Waals surface area (Å²) in [6, 6.07) is 22.2. The number of hydrogen-bond acceptors (Lipinski definition) is 2. The monoisotopic (exact) mass is 373 g/mol. The molecule has 0 aliphatic rings. The van der Waals surface area contributed by atoms with E-state index in [0.29, 0.717) is 10.0 Å². The second kappa shape index (κ2) is 7.98. The summed E-state index contributed by atoms with van der Waals surface area (Å²) in [5, 5.41) is 4.59. The van der Waals surface area contributed by atoms with Crippen LogP contribution in [0.25, 0.3) is 0 Å². The van der Waals surface area contributed by atoms with Crippen molar-refractivity contribution in [3.8, 4) is 0 Å². The number of halogens is 2. The first-order valence-electron chi connectivity index (χ1n) is 7.65. The lowest BCUT2D eigenvalue weighted by Gasteiger charge is -2.11. The molecule has 0 amide bonds. The summed E-state index contributed by atoms with van der Waals surface area (Å²) in [6.45, 7) is 0.734. The SMILES string of the molecule is Sc1ccc(Cc2ccc(Cl)c(Cl)c2)cc1CNc1ccccc1. The molecule has 0 aliphatic heterocycles. The van der Waals surface area contributed by atoms with Crippen LogP contribution < -0.4 is 5.32 Å².